The van der Waals surface area contributed by atoms with Gasteiger partial charge in [-0.15, -0.1) is 0 Å². The lowest BCUT2D eigenvalue weighted by molar-refractivity contribution is -0.143. The van der Waals surface area contributed by atoms with Crippen LogP contribution in [0.4, 0.5) is 0 Å². The molecule has 0 spiro atoms. The Morgan fingerprint density at radius 1 is 0.800 bits per heavy atom. The number of amides is 1. The number of carbonyl (C=O) groups is 2. The average Bonchev–Trinajstić information content (AvgIpc) is 2.85. The first-order valence-electron chi connectivity index (χ1n) is 13.4. The summed E-state index contributed by atoms with van der Waals surface area (Å²) in [6.07, 6.45) is 11.0. The van der Waals surface area contributed by atoms with Gasteiger partial charge in [0.1, 0.15) is 0 Å². The largest absolute Gasteiger partial charge is 0.490 e. The number of rotatable bonds is 22. The molecule has 1 aromatic carbocycles. The van der Waals surface area contributed by atoms with Crippen LogP contribution in [-0.2, 0) is 25.5 Å². The third kappa shape index (κ3) is 16.1. The van der Waals surface area contributed by atoms with E-state index in [0.29, 0.717) is 51.4 Å². The van der Waals surface area contributed by atoms with Gasteiger partial charge in [-0.3, -0.25) is 9.59 Å². The Balaban J connectivity index is 2.39. The van der Waals surface area contributed by atoms with E-state index in [4.69, 9.17) is 18.9 Å². The lowest BCUT2D eigenvalue weighted by Crippen LogP contribution is -2.23. The summed E-state index contributed by atoms with van der Waals surface area (Å²) in [7, 11) is 1.68. The Morgan fingerprint density at radius 3 is 2.31 bits per heavy atom. The fourth-order valence-electron chi connectivity index (χ4n) is 3.60. The first-order chi connectivity index (χ1) is 17.1. The molecule has 1 rings (SSSR count). The summed E-state index contributed by atoms with van der Waals surface area (Å²) >= 11 is 0. The first-order valence-corrected chi connectivity index (χ1v) is 13.4. The molecule has 0 aromatic heterocycles. The predicted molar refractivity (Wildman–Crippen MR) is 139 cm³/mol. The van der Waals surface area contributed by atoms with E-state index >= 15 is 0 Å². The number of nitrogens with one attached hydrogen (secondary N) is 1. The highest BCUT2D eigenvalue weighted by molar-refractivity contribution is 5.75. The van der Waals surface area contributed by atoms with E-state index in [9.17, 15) is 9.59 Å². The summed E-state index contributed by atoms with van der Waals surface area (Å²) in [5.41, 5.74) is 1.22. The number of aryl methyl sites for hydroxylation is 1. The van der Waals surface area contributed by atoms with Gasteiger partial charge in [-0.1, -0.05) is 38.7 Å². The minimum Gasteiger partial charge on any atom is -0.490 e. The normalized spacial score (nSPS) is 10.7. The highest BCUT2D eigenvalue weighted by Crippen LogP contribution is 2.29. The van der Waals surface area contributed by atoms with Crippen LogP contribution in [0.3, 0.4) is 0 Å². The number of benzene rings is 1. The van der Waals surface area contributed by atoms with Gasteiger partial charge in [-0.25, -0.2) is 0 Å². The van der Waals surface area contributed by atoms with Gasteiger partial charge in [0.25, 0.3) is 0 Å². The van der Waals surface area contributed by atoms with Crippen molar-refractivity contribution in [2.75, 3.05) is 40.1 Å². The first kappa shape index (κ1) is 30.8. The van der Waals surface area contributed by atoms with E-state index in [1.54, 1.807) is 14.0 Å². The van der Waals surface area contributed by atoms with E-state index in [1.165, 1.54) is 5.56 Å². The Bertz CT molecular complexity index is 694. The molecule has 1 amide bonds. The van der Waals surface area contributed by atoms with E-state index in [0.717, 1.165) is 70.1 Å². The lowest BCUT2D eigenvalue weighted by atomic mass is 10.0. The fourth-order valence-corrected chi connectivity index (χ4v) is 3.60. The van der Waals surface area contributed by atoms with Crippen LogP contribution in [0.2, 0.25) is 0 Å². The van der Waals surface area contributed by atoms with Crippen molar-refractivity contribution >= 4 is 11.9 Å². The number of methoxy groups -OCH3 is 1. The number of ether oxygens (including phenoxy) is 4. The summed E-state index contributed by atoms with van der Waals surface area (Å²) in [6.45, 7) is 6.77. The van der Waals surface area contributed by atoms with Crippen LogP contribution in [-0.4, -0.2) is 52.0 Å². The zero-order valence-electron chi connectivity index (χ0n) is 22.2. The van der Waals surface area contributed by atoms with Gasteiger partial charge < -0.3 is 24.3 Å². The lowest BCUT2D eigenvalue weighted by Gasteiger charge is -2.14. The number of unbranched alkanes of at least 4 members (excludes halogenated alkanes) is 5. The second-order valence-electron chi connectivity index (χ2n) is 8.70. The zero-order valence-corrected chi connectivity index (χ0v) is 22.2. The smallest absolute Gasteiger partial charge is 0.305 e. The van der Waals surface area contributed by atoms with Gasteiger partial charge in [0.15, 0.2) is 11.5 Å². The second kappa shape index (κ2) is 21.0. The predicted octanol–water partition coefficient (Wildman–Crippen LogP) is 5.62. The van der Waals surface area contributed by atoms with E-state index in [-0.39, 0.29) is 11.9 Å². The second-order valence-corrected chi connectivity index (χ2v) is 8.70. The minimum atomic E-state index is -0.197. The zero-order chi connectivity index (χ0) is 25.6. The molecule has 0 heterocycles. The van der Waals surface area contributed by atoms with E-state index < -0.39 is 0 Å². The van der Waals surface area contributed by atoms with Crippen molar-refractivity contribution in [3.8, 4) is 11.5 Å². The van der Waals surface area contributed by atoms with Crippen LogP contribution < -0.4 is 14.8 Å². The molecule has 0 aliphatic carbocycles. The van der Waals surface area contributed by atoms with Crippen molar-refractivity contribution in [2.24, 2.45) is 0 Å². The standard InChI is InChI=1S/C28H47NO6/c1-4-6-19-29-27(30)15-11-9-7-8-10-14-24-17-18-25(26(23-24)35-22-13-20-32-3)34-21-12-16-28(31)33-5-2/h17-18,23H,4-16,19-22H2,1-3H3,(H,29,30). The maximum Gasteiger partial charge on any atom is 0.305 e. The van der Waals surface area contributed by atoms with Gasteiger partial charge in [0.2, 0.25) is 5.91 Å². The molecule has 0 saturated heterocycles. The molecule has 0 saturated carbocycles. The molecule has 35 heavy (non-hydrogen) atoms. The molecule has 1 aromatic rings. The van der Waals surface area contributed by atoms with Crippen molar-refractivity contribution in [1.82, 2.24) is 5.32 Å². The molecule has 0 atom stereocenters. The van der Waals surface area contributed by atoms with E-state index in [1.807, 2.05) is 6.07 Å². The summed E-state index contributed by atoms with van der Waals surface area (Å²) < 4.78 is 21.9. The quantitative estimate of drug-likeness (QED) is 0.167. The van der Waals surface area contributed by atoms with Crippen molar-refractivity contribution in [1.29, 1.82) is 0 Å². The number of hydrogen-bond acceptors (Lipinski definition) is 6. The van der Waals surface area contributed by atoms with Crippen LogP contribution in [0, 0.1) is 0 Å². The van der Waals surface area contributed by atoms with Crippen LogP contribution in [0.15, 0.2) is 18.2 Å². The molecule has 0 bridgehead atoms. The minimum absolute atomic E-state index is 0.180. The van der Waals surface area contributed by atoms with Gasteiger partial charge in [0, 0.05) is 39.5 Å². The Hall–Kier alpha value is -2.28. The van der Waals surface area contributed by atoms with Crippen molar-refractivity contribution in [2.45, 2.75) is 90.9 Å². The molecule has 0 radical (unpaired) electrons. The van der Waals surface area contributed by atoms with Crippen LogP contribution in [0.25, 0.3) is 0 Å². The Kier molecular flexibility index (Phi) is 18.5. The Morgan fingerprint density at radius 2 is 1.54 bits per heavy atom. The molecule has 0 unspecified atom stereocenters. The summed E-state index contributed by atoms with van der Waals surface area (Å²) in [6, 6.07) is 6.11. The van der Waals surface area contributed by atoms with Crippen LogP contribution in [0.1, 0.15) is 90.0 Å². The molecular weight excluding hydrogens is 446 g/mol. The number of carbonyl (C=O) groups excluding carboxylic acids is 2. The molecule has 7 heteroatoms. The third-order valence-electron chi connectivity index (χ3n) is 5.57. The number of hydrogen-bond donors (Lipinski definition) is 1. The van der Waals surface area contributed by atoms with Gasteiger partial charge >= 0.3 is 5.97 Å². The maximum atomic E-state index is 11.7. The van der Waals surface area contributed by atoms with Crippen molar-refractivity contribution in [3.05, 3.63) is 23.8 Å². The fraction of sp³-hybridized carbons (Fsp3) is 0.714. The SMILES string of the molecule is CCCCNC(=O)CCCCCCCc1ccc(OCCCC(=O)OCC)c(OCCCOC)c1. The van der Waals surface area contributed by atoms with E-state index in [2.05, 4.69) is 24.4 Å². The van der Waals surface area contributed by atoms with Gasteiger partial charge in [0.05, 0.1) is 19.8 Å². The summed E-state index contributed by atoms with van der Waals surface area (Å²) in [5.74, 6) is 1.42. The van der Waals surface area contributed by atoms with Crippen LogP contribution in [0.5, 0.6) is 11.5 Å². The summed E-state index contributed by atoms with van der Waals surface area (Å²) in [4.78, 5) is 23.2. The molecule has 0 fully saturated rings. The third-order valence-corrected chi connectivity index (χ3v) is 5.57. The van der Waals surface area contributed by atoms with Crippen molar-refractivity contribution < 1.29 is 28.5 Å². The van der Waals surface area contributed by atoms with Gasteiger partial charge in [-0.05, 0) is 56.7 Å². The monoisotopic (exact) mass is 493 g/mol. The number of esters is 1. The summed E-state index contributed by atoms with van der Waals surface area (Å²) in [5, 5.41) is 2.98. The average molecular weight is 494 g/mol. The highest BCUT2D eigenvalue weighted by Gasteiger charge is 2.09. The van der Waals surface area contributed by atoms with Crippen LogP contribution >= 0.6 is 0 Å². The molecular formula is C28H47NO6. The van der Waals surface area contributed by atoms with Crippen molar-refractivity contribution in [3.63, 3.8) is 0 Å². The molecule has 1 N–H and O–H groups in total. The Labute approximate surface area is 212 Å². The highest BCUT2D eigenvalue weighted by atomic mass is 16.5. The van der Waals surface area contributed by atoms with Gasteiger partial charge in [-0.2, -0.15) is 0 Å². The molecule has 0 aliphatic rings. The maximum absolute atomic E-state index is 11.7. The molecule has 0 aliphatic heterocycles. The topological polar surface area (TPSA) is 83.1 Å². The molecule has 200 valence electrons. The molecule has 7 nitrogen and oxygen atoms in total.